The first kappa shape index (κ1) is 19.4. The largest absolute Gasteiger partial charge is 0.212 e. The van der Waals surface area contributed by atoms with Gasteiger partial charge in [-0.25, -0.2) is 8.78 Å². The summed E-state index contributed by atoms with van der Waals surface area (Å²) in [5, 5.41) is 0. The van der Waals surface area contributed by atoms with E-state index in [0.29, 0.717) is 6.42 Å². The van der Waals surface area contributed by atoms with Gasteiger partial charge in [-0.1, -0.05) is 38.0 Å². The van der Waals surface area contributed by atoms with Crippen LogP contribution in [0.4, 0.5) is 8.78 Å². The quantitative estimate of drug-likeness (QED) is 0.206. The van der Waals surface area contributed by atoms with Gasteiger partial charge in [0.2, 0.25) is 0 Å². The van der Waals surface area contributed by atoms with Crippen LogP contribution in [-0.2, 0) is 0 Å². The number of halogens is 3. The minimum absolute atomic E-state index is 0.00981. The predicted molar refractivity (Wildman–Crippen MR) is 85.5 cm³/mol. The van der Waals surface area contributed by atoms with Crippen molar-refractivity contribution in [2.24, 2.45) is 0 Å². The third-order valence-corrected chi connectivity index (χ3v) is 3.23. The van der Waals surface area contributed by atoms with Crippen molar-refractivity contribution < 1.29 is 8.78 Å². The lowest BCUT2D eigenvalue weighted by atomic mass is 10.1. The zero-order valence-corrected chi connectivity index (χ0v) is 13.3. The lowest BCUT2D eigenvalue weighted by Gasteiger charge is -1.96. The molecule has 3 heteroatoms. The van der Waals surface area contributed by atoms with E-state index >= 15 is 0 Å². The standard InChI is InChI=1S/C17H27ClF2/c1-2-3-4-5-6-7-8-9-10-11-12-16(19)13-14-17(20)15-18/h6-7,12,14H,2-5,8-11,13,15H2,1H3. The Morgan fingerprint density at radius 2 is 1.45 bits per heavy atom. The van der Waals surface area contributed by atoms with Gasteiger partial charge < -0.3 is 0 Å². The fourth-order valence-corrected chi connectivity index (χ4v) is 1.87. The molecule has 0 aromatic carbocycles. The van der Waals surface area contributed by atoms with E-state index in [-0.39, 0.29) is 18.1 Å². The summed E-state index contributed by atoms with van der Waals surface area (Å²) in [6.07, 6.45) is 16.0. The van der Waals surface area contributed by atoms with Crippen molar-refractivity contribution in [3.63, 3.8) is 0 Å². The van der Waals surface area contributed by atoms with E-state index in [9.17, 15) is 8.78 Å². The summed E-state index contributed by atoms with van der Waals surface area (Å²) in [6.45, 7) is 2.20. The second-order valence-corrected chi connectivity index (χ2v) is 5.16. The number of unbranched alkanes of at least 4 members (excludes halogenated alkanes) is 6. The van der Waals surface area contributed by atoms with Gasteiger partial charge in [0.05, 0.1) is 11.7 Å². The summed E-state index contributed by atoms with van der Waals surface area (Å²) in [7, 11) is 0. The van der Waals surface area contributed by atoms with Crippen molar-refractivity contribution in [1.29, 1.82) is 0 Å². The zero-order chi connectivity index (χ0) is 15.1. The molecule has 0 aliphatic heterocycles. The molecule has 0 bridgehead atoms. The Morgan fingerprint density at radius 3 is 2.05 bits per heavy atom. The van der Waals surface area contributed by atoms with Crippen LogP contribution in [0.15, 0.2) is 36.0 Å². The summed E-state index contributed by atoms with van der Waals surface area (Å²) in [6, 6.07) is 0. The Kier molecular flexibility index (Phi) is 14.3. The fourth-order valence-electron chi connectivity index (χ4n) is 1.76. The smallest absolute Gasteiger partial charge is 0.111 e. The highest BCUT2D eigenvalue weighted by Gasteiger charge is 1.95. The molecule has 0 fully saturated rings. The van der Waals surface area contributed by atoms with Crippen molar-refractivity contribution in [3.8, 4) is 0 Å². The molecule has 0 aromatic heterocycles. The molecule has 20 heavy (non-hydrogen) atoms. The maximum absolute atomic E-state index is 13.2. The van der Waals surface area contributed by atoms with Crippen LogP contribution < -0.4 is 0 Å². The molecule has 0 spiro atoms. The highest BCUT2D eigenvalue weighted by molar-refractivity contribution is 6.19. The van der Waals surface area contributed by atoms with Crippen LogP contribution in [0.5, 0.6) is 0 Å². The van der Waals surface area contributed by atoms with E-state index in [0.717, 1.165) is 19.3 Å². The topological polar surface area (TPSA) is 0 Å². The molecule has 0 atom stereocenters. The summed E-state index contributed by atoms with van der Waals surface area (Å²) in [5.74, 6) is -0.929. The summed E-state index contributed by atoms with van der Waals surface area (Å²) < 4.78 is 25.9. The first-order valence-corrected chi connectivity index (χ1v) is 8.14. The Morgan fingerprint density at radius 1 is 0.850 bits per heavy atom. The molecule has 0 radical (unpaired) electrons. The highest BCUT2D eigenvalue weighted by Crippen LogP contribution is 2.12. The third-order valence-electron chi connectivity index (χ3n) is 2.98. The van der Waals surface area contributed by atoms with Crippen LogP contribution >= 0.6 is 11.6 Å². The summed E-state index contributed by atoms with van der Waals surface area (Å²) in [5.41, 5.74) is 0. The van der Waals surface area contributed by atoms with E-state index in [4.69, 9.17) is 11.6 Å². The van der Waals surface area contributed by atoms with Crippen molar-refractivity contribution in [2.75, 3.05) is 5.88 Å². The monoisotopic (exact) mass is 304 g/mol. The normalized spacial score (nSPS) is 13.4. The van der Waals surface area contributed by atoms with Gasteiger partial charge in [0.15, 0.2) is 0 Å². The summed E-state index contributed by atoms with van der Waals surface area (Å²) in [4.78, 5) is 0. The average molecular weight is 305 g/mol. The van der Waals surface area contributed by atoms with Crippen molar-refractivity contribution >= 4 is 11.6 Å². The molecule has 0 aliphatic rings. The van der Waals surface area contributed by atoms with E-state index in [2.05, 4.69) is 19.1 Å². The number of alkyl halides is 1. The van der Waals surface area contributed by atoms with E-state index in [1.165, 1.54) is 31.8 Å². The van der Waals surface area contributed by atoms with Crippen molar-refractivity contribution in [1.82, 2.24) is 0 Å². The van der Waals surface area contributed by atoms with Crippen LogP contribution in [0.3, 0.4) is 0 Å². The number of hydrogen-bond acceptors (Lipinski definition) is 0. The maximum atomic E-state index is 13.2. The minimum Gasteiger partial charge on any atom is -0.212 e. The lowest BCUT2D eigenvalue weighted by Crippen LogP contribution is -1.79. The molecule has 0 N–H and O–H groups in total. The Hall–Kier alpha value is -0.630. The second kappa shape index (κ2) is 14.8. The van der Waals surface area contributed by atoms with Gasteiger partial charge in [-0.15, -0.1) is 11.6 Å². The Bertz CT molecular complexity index is 306. The number of allylic oxidation sites excluding steroid dienone is 6. The molecule has 0 rings (SSSR count). The first-order valence-electron chi connectivity index (χ1n) is 7.60. The molecular weight excluding hydrogens is 278 g/mol. The van der Waals surface area contributed by atoms with Crippen LogP contribution in [-0.4, -0.2) is 5.88 Å². The Balaban J connectivity index is 3.51. The van der Waals surface area contributed by atoms with Gasteiger partial charge in [0.25, 0.3) is 0 Å². The molecule has 0 unspecified atom stereocenters. The molecule has 0 aromatic rings. The van der Waals surface area contributed by atoms with Gasteiger partial charge >= 0.3 is 0 Å². The van der Waals surface area contributed by atoms with Gasteiger partial charge in [-0.2, -0.15) is 0 Å². The molecular formula is C17H27ClF2. The fraction of sp³-hybridized carbons (Fsp3) is 0.647. The van der Waals surface area contributed by atoms with Gasteiger partial charge in [-0.05, 0) is 44.6 Å². The Labute approximate surface area is 127 Å². The van der Waals surface area contributed by atoms with Crippen LogP contribution in [0.1, 0.15) is 64.7 Å². The SMILES string of the molecule is CCCCCC=CCCCCC=C(F)CC=C(F)CCl. The van der Waals surface area contributed by atoms with E-state index < -0.39 is 5.83 Å². The average Bonchev–Trinajstić information content (AvgIpc) is 2.46. The number of rotatable bonds is 12. The molecule has 116 valence electrons. The van der Waals surface area contributed by atoms with Crippen molar-refractivity contribution in [2.45, 2.75) is 64.7 Å². The molecule has 0 saturated heterocycles. The zero-order valence-electron chi connectivity index (χ0n) is 12.5. The van der Waals surface area contributed by atoms with Gasteiger partial charge in [0, 0.05) is 6.42 Å². The van der Waals surface area contributed by atoms with Crippen LogP contribution in [0.25, 0.3) is 0 Å². The summed E-state index contributed by atoms with van der Waals surface area (Å²) >= 11 is 5.26. The van der Waals surface area contributed by atoms with E-state index in [1.807, 2.05) is 0 Å². The molecule has 0 amide bonds. The molecule has 0 heterocycles. The van der Waals surface area contributed by atoms with Crippen LogP contribution in [0.2, 0.25) is 0 Å². The molecule has 0 aliphatic carbocycles. The molecule has 0 nitrogen and oxygen atoms in total. The minimum atomic E-state index is -0.469. The van der Waals surface area contributed by atoms with E-state index in [1.54, 1.807) is 6.08 Å². The van der Waals surface area contributed by atoms with Crippen molar-refractivity contribution in [3.05, 3.63) is 36.0 Å². The van der Waals surface area contributed by atoms with Gasteiger partial charge in [-0.3, -0.25) is 0 Å². The third kappa shape index (κ3) is 13.8. The number of hydrogen-bond donors (Lipinski definition) is 0. The van der Waals surface area contributed by atoms with Crippen LogP contribution in [0, 0.1) is 0 Å². The van der Waals surface area contributed by atoms with Gasteiger partial charge in [0.1, 0.15) is 5.83 Å². The second-order valence-electron chi connectivity index (χ2n) is 4.89. The lowest BCUT2D eigenvalue weighted by molar-refractivity contribution is 0.592. The predicted octanol–water partition coefficient (Wildman–Crippen LogP) is 7.02. The molecule has 0 saturated carbocycles. The first-order chi connectivity index (χ1) is 9.70. The highest BCUT2D eigenvalue weighted by atomic mass is 35.5. The maximum Gasteiger partial charge on any atom is 0.111 e.